The molecule has 0 aliphatic heterocycles. The van der Waals surface area contributed by atoms with Crippen LogP contribution in [0.15, 0.2) is 127 Å². The van der Waals surface area contributed by atoms with Crippen LogP contribution in [0, 0.1) is 5.41 Å². The van der Waals surface area contributed by atoms with E-state index in [-0.39, 0.29) is 11.5 Å². The van der Waals surface area contributed by atoms with Gasteiger partial charge in [-0.1, -0.05) is 133 Å². The molecule has 5 rings (SSSR count). The van der Waals surface area contributed by atoms with Crippen molar-refractivity contribution in [3.05, 3.63) is 133 Å². The fourth-order valence-corrected chi connectivity index (χ4v) is 11.5. The number of ether oxygens (including phenoxy) is 1. The maximum atomic E-state index is 13.4. The highest BCUT2D eigenvalue weighted by Crippen LogP contribution is 2.64. The van der Waals surface area contributed by atoms with E-state index in [1.165, 1.54) is 22.7 Å². The van der Waals surface area contributed by atoms with Crippen LogP contribution in [0.5, 0.6) is 0 Å². The molecule has 1 aliphatic rings. The van der Waals surface area contributed by atoms with Crippen LogP contribution in [0.3, 0.4) is 0 Å². The molecule has 0 spiro atoms. The average Bonchev–Trinajstić information content (AvgIpc) is 3.66. The summed E-state index contributed by atoms with van der Waals surface area (Å²) in [6, 6.07) is 42.5. The van der Waals surface area contributed by atoms with Crippen molar-refractivity contribution in [3.8, 4) is 0 Å². The highest BCUT2D eigenvalue weighted by molar-refractivity contribution is 7.13. The van der Waals surface area contributed by atoms with Gasteiger partial charge in [0, 0.05) is 0 Å². The molecule has 34 heavy (non-hydrogen) atoms. The van der Waals surface area contributed by atoms with Gasteiger partial charge in [-0.15, -0.1) is 0 Å². The molecule has 0 aromatic heterocycles. The molecule has 4 aromatic rings. The molecule has 2 nitrogen and oxygen atoms in total. The Labute approximate surface area is 202 Å². The topological polar surface area (TPSA) is 26.3 Å². The minimum absolute atomic E-state index is 0.139. The zero-order valence-corrected chi connectivity index (χ0v) is 20.3. The summed E-state index contributed by atoms with van der Waals surface area (Å²) in [4.78, 5) is 13.4. The largest absolute Gasteiger partial charge is 0.468 e. The molecule has 1 fully saturated rings. The van der Waals surface area contributed by atoms with Gasteiger partial charge < -0.3 is 4.74 Å². The van der Waals surface area contributed by atoms with Gasteiger partial charge in [-0.25, -0.2) is 0 Å². The third-order valence-corrected chi connectivity index (χ3v) is 12.6. The van der Waals surface area contributed by atoms with Crippen molar-refractivity contribution < 1.29 is 9.53 Å². The van der Waals surface area contributed by atoms with E-state index >= 15 is 0 Å². The van der Waals surface area contributed by atoms with Gasteiger partial charge in [-0.2, -0.15) is 0 Å². The lowest BCUT2D eigenvalue weighted by Crippen LogP contribution is -2.68. The Morgan fingerprint density at radius 1 is 0.735 bits per heavy atom. The first-order valence-corrected chi connectivity index (χ1v) is 13.8. The second-order valence-electron chi connectivity index (χ2n) is 8.94. The summed E-state index contributed by atoms with van der Waals surface area (Å²) in [5.74, 6) is -0.149. The van der Waals surface area contributed by atoms with E-state index in [9.17, 15) is 4.79 Å². The lowest BCUT2D eigenvalue weighted by molar-refractivity contribution is -0.145. The maximum absolute atomic E-state index is 13.4. The first kappa shape index (κ1) is 22.1. The smallest absolute Gasteiger partial charge is 0.315 e. The normalized spacial score (nSPS) is 19.6. The molecule has 0 amide bonds. The van der Waals surface area contributed by atoms with Crippen LogP contribution < -0.4 is 15.6 Å². The first-order valence-electron chi connectivity index (χ1n) is 11.7. The van der Waals surface area contributed by atoms with Gasteiger partial charge in [0.05, 0.1) is 12.5 Å². The van der Waals surface area contributed by atoms with Crippen LogP contribution in [0.2, 0.25) is 5.54 Å². The molecule has 4 aromatic carbocycles. The molecular formula is C31H28O2Si. The summed E-state index contributed by atoms with van der Waals surface area (Å²) in [5, 5.41) is 3.95. The van der Waals surface area contributed by atoms with Crippen LogP contribution in [0.25, 0.3) is 6.08 Å². The zero-order chi connectivity index (χ0) is 23.4. The van der Waals surface area contributed by atoms with Crippen molar-refractivity contribution in [1.82, 2.24) is 0 Å². The summed E-state index contributed by atoms with van der Waals surface area (Å²) >= 11 is 0. The molecule has 0 N–H and O–H groups in total. The average molecular weight is 461 g/mol. The van der Waals surface area contributed by atoms with Gasteiger partial charge in [0.25, 0.3) is 0 Å². The summed E-state index contributed by atoms with van der Waals surface area (Å²) in [5.41, 5.74) is 0.570. The van der Waals surface area contributed by atoms with E-state index in [4.69, 9.17) is 4.74 Å². The number of hydrogen-bond acceptors (Lipinski definition) is 2. The monoisotopic (exact) mass is 460 g/mol. The van der Waals surface area contributed by atoms with Gasteiger partial charge in [-0.3, -0.25) is 4.79 Å². The summed E-state index contributed by atoms with van der Waals surface area (Å²) < 4.78 is 5.43. The van der Waals surface area contributed by atoms with Crippen molar-refractivity contribution in [1.29, 1.82) is 0 Å². The van der Waals surface area contributed by atoms with Gasteiger partial charge in [0.15, 0.2) is 8.07 Å². The SMILES string of the molecule is COC(=O)[C@]1(/C=C/c2ccccc2)C[C@@H]1[Si](c1ccccc1)(c1ccccc1)c1ccccc1. The molecule has 0 heterocycles. The van der Waals surface area contributed by atoms with E-state index in [1.807, 2.05) is 18.2 Å². The molecule has 0 bridgehead atoms. The van der Waals surface area contributed by atoms with E-state index in [0.717, 1.165) is 12.0 Å². The number of esters is 1. The second-order valence-corrected chi connectivity index (χ2v) is 13.0. The summed E-state index contributed by atoms with van der Waals surface area (Å²) in [6.45, 7) is 0. The Bertz CT molecular complexity index is 1170. The lowest BCUT2D eigenvalue weighted by atomic mass is 10.1. The molecule has 2 atom stereocenters. The Morgan fingerprint density at radius 2 is 1.15 bits per heavy atom. The Balaban J connectivity index is 1.74. The highest BCUT2D eigenvalue weighted by atomic mass is 28.3. The molecule has 0 saturated heterocycles. The predicted molar refractivity (Wildman–Crippen MR) is 142 cm³/mol. The van der Waals surface area contributed by atoms with Crippen LogP contribution in [-0.2, 0) is 9.53 Å². The highest BCUT2D eigenvalue weighted by Gasteiger charge is 2.69. The van der Waals surface area contributed by atoms with Crippen LogP contribution in [-0.4, -0.2) is 21.2 Å². The minimum atomic E-state index is -2.59. The molecule has 0 radical (unpaired) electrons. The Hall–Kier alpha value is -3.69. The number of methoxy groups -OCH3 is 1. The quantitative estimate of drug-likeness (QED) is 0.225. The first-order chi connectivity index (χ1) is 16.7. The maximum Gasteiger partial charge on any atom is 0.315 e. The van der Waals surface area contributed by atoms with E-state index < -0.39 is 13.5 Å². The number of benzene rings is 4. The fourth-order valence-electron chi connectivity index (χ4n) is 5.50. The fraction of sp³-hybridized carbons (Fsp3) is 0.129. The summed E-state index contributed by atoms with van der Waals surface area (Å²) in [7, 11) is -1.09. The standard InChI is InChI=1S/C31H28O2Si/c1-33-30(32)31(23-22-25-14-6-2-7-15-25)24-29(31)34(26-16-8-3-9-17-26,27-18-10-4-11-19-27)28-20-12-5-13-21-28/h2-23,29H,24H2,1H3/b23-22+/t29-,31+/m0/s1. The molecule has 0 unspecified atom stereocenters. The van der Waals surface area contributed by atoms with Crippen LogP contribution >= 0.6 is 0 Å². The lowest BCUT2D eigenvalue weighted by Gasteiger charge is -2.35. The third-order valence-electron chi connectivity index (χ3n) is 7.15. The summed E-state index contributed by atoms with van der Waals surface area (Å²) in [6.07, 6.45) is 4.96. The predicted octanol–water partition coefficient (Wildman–Crippen LogP) is 4.80. The van der Waals surface area contributed by atoms with Crippen molar-refractivity contribution in [3.63, 3.8) is 0 Å². The van der Waals surface area contributed by atoms with Gasteiger partial charge in [0.1, 0.15) is 0 Å². The van der Waals surface area contributed by atoms with Gasteiger partial charge in [0.2, 0.25) is 0 Å². The Kier molecular flexibility index (Phi) is 6.04. The van der Waals surface area contributed by atoms with E-state index in [2.05, 4.69) is 115 Å². The third kappa shape index (κ3) is 3.72. The molecular weight excluding hydrogens is 432 g/mol. The molecule has 1 aliphatic carbocycles. The van der Waals surface area contributed by atoms with Crippen molar-refractivity contribution in [2.75, 3.05) is 7.11 Å². The van der Waals surface area contributed by atoms with Crippen molar-refractivity contribution >= 4 is 35.7 Å². The van der Waals surface area contributed by atoms with Gasteiger partial charge >= 0.3 is 5.97 Å². The zero-order valence-electron chi connectivity index (χ0n) is 19.3. The number of carbonyl (C=O) groups is 1. The second kappa shape index (κ2) is 9.28. The number of carbonyl (C=O) groups excluding carboxylic acids is 1. The van der Waals surface area contributed by atoms with Gasteiger partial charge in [-0.05, 0) is 33.1 Å². The van der Waals surface area contributed by atoms with Crippen LogP contribution in [0.4, 0.5) is 0 Å². The molecule has 1 saturated carbocycles. The molecule has 168 valence electrons. The minimum Gasteiger partial charge on any atom is -0.468 e. The van der Waals surface area contributed by atoms with Crippen molar-refractivity contribution in [2.24, 2.45) is 5.41 Å². The van der Waals surface area contributed by atoms with Crippen molar-refractivity contribution in [2.45, 2.75) is 12.0 Å². The number of hydrogen-bond donors (Lipinski definition) is 0. The van der Waals surface area contributed by atoms with E-state index in [0.29, 0.717) is 0 Å². The van der Waals surface area contributed by atoms with E-state index in [1.54, 1.807) is 0 Å². The van der Waals surface area contributed by atoms with Crippen LogP contribution in [0.1, 0.15) is 12.0 Å². The number of rotatable bonds is 7. The molecule has 3 heteroatoms. The Morgan fingerprint density at radius 3 is 1.56 bits per heavy atom.